The number of amides is 1. The summed E-state index contributed by atoms with van der Waals surface area (Å²) in [4.78, 5) is 22.7. The number of aliphatic imine (C=N–C) groups is 1. The van der Waals surface area contributed by atoms with Crippen molar-refractivity contribution in [3.63, 3.8) is 0 Å². The number of guanidine groups is 1. The SMILES string of the molecule is CN=C(NCC(C)N(C)C)N1CCN(c2cnn(C)c2)C(=O)C1.I. The summed E-state index contributed by atoms with van der Waals surface area (Å²) in [6.07, 6.45) is 3.58. The lowest BCUT2D eigenvalue weighted by Gasteiger charge is -2.35. The van der Waals surface area contributed by atoms with Crippen molar-refractivity contribution >= 4 is 41.5 Å². The predicted molar refractivity (Wildman–Crippen MR) is 107 cm³/mol. The number of nitrogens with one attached hydrogen (secondary N) is 1. The first-order valence-electron chi connectivity index (χ1n) is 7.83. The Labute approximate surface area is 160 Å². The second-order valence-corrected chi connectivity index (χ2v) is 6.08. The normalized spacial score (nSPS) is 17.1. The zero-order valence-corrected chi connectivity index (χ0v) is 17.4. The Morgan fingerprint density at radius 2 is 2.17 bits per heavy atom. The first-order chi connectivity index (χ1) is 10.9. The number of nitrogens with zero attached hydrogens (tertiary/aromatic N) is 6. The summed E-state index contributed by atoms with van der Waals surface area (Å²) in [5.41, 5.74) is 0.848. The third kappa shape index (κ3) is 5.07. The summed E-state index contributed by atoms with van der Waals surface area (Å²) in [7, 11) is 7.69. The van der Waals surface area contributed by atoms with Gasteiger partial charge < -0.3 is 20.0 Å². The van der Waals surface area contributed by atoms with Crippen LogP contribution in [0.15, 0.2) is 17.4 Å². The molecule has 1 amide bonds. The van der Waals surface area contributed by atoms with Gasteiger partial charge in [-0.15, -0.1) is 24.0 Å². The molecule has 1 saturated heterocycles. The zero-order chi connectivity index (χ0) is 17.0. The van der Waals surface area contributed by atoms with Gasteiger partial charge in [0.15, 0.2) is 5.96 Å². The van der Waals surface area contributed by atoms with Gasteiger partial charge in [-0.3, -0.25) is 14.5 Å². The summed E-state index contributed by atoms with van der Waals surface area (Å²) in [6, 6.07) is 0.388. The van der Waals surface area contributed by atoms with Crippen molar-refractivity contribution in [2.24, 2.45) is 12.0 Å². The number of carbonyl (C=O) groups excluding carboxylic acids is 1. The number of halogens is 1. The second kappa shape index (κ2) is 9.21. The largest absolute Gasteiger partial charge is 0.355 e. The lowest BCUT2D eigenvalue weighted by atomic mass is 10.3. The van der Waals surface area contributed by atoms with E-state index in [2.05, 4.69) is 27.2 Å². The van der Waals surface area contributed by atoms with Crippen molar-refractivity contribution in [1.82, 2.24) is 24.9 Å². The summed E-state index contributed by atoms with van der Waals surface area (Å²) >= 11 is 0. The Balaban J connectivity index is 0.00000288. The fourth-order valence-corrected chi connectivity index (χ4v) is 2.43. The van der Waals surface area contributed by atoms with E-state index in [4.69, 9.17) is 0 Å². The van der Waals surface area contributed by atoms with E-state index >= 15 is 0 Å². The van der Waals surface area contributed by atoms with E-state index in [1.807, 2.05) is 32.2 Å². The van der Waals surface area contributed by atoms with Crippen LogP contribution in [0.4, 0.5) is 5.69 Å². The Morgan fingerprint density at radius 1 is 1.46 bits per heavy atom. The topological polar surface area (TPSA) is 69.0 Å². The maximum absolute atomic E-state index is 12.4. The summed E-state index contributed by atoms with van der Waals surface area (Å²) < 4.78 is 1.71. The van der Waals surface area contributed by atoms with Crippen molar-refractivity contribution in [1.29, 1.82) is 0 Å². The number of rotatable bonds is 4. The average Bonchev–Trinajstić information content (AvgIpc) is 2.94. The van der Waals surface area contributed by atoms with Gasteiger partial charge in [-0.05, 0) is 21.0 Å². The van der Waals surface area contributed by atoms with Crippen molar-refractivity contribution in [3.8, 4) is 0 Å². The first-order valence-corrected chi connectivity index (χ1v) is 7.83. The highest BCUT2D eigenvalue weighted by Gasteiger charge is 2.27. The third-order valence-electron chi connectivity index (χ3n) is 4.17. The molecule has 2 heterocycles. The fraction of sp³-hybridized carbons (Fsp3) is 0.667. The minimum atomic E-state index is 0. The van der Waals surface area contributed by atoms with Gasteiger partial charge in [-0.2, -0.15) is 5.10 Å². The average molecular weight is 449 g/mol. The monoisotopic (exact) mass is 449 g/mol. The van der Waals surface area contributed by atoms with Crippen LogP contribution in [0.5, 0.6) is 0 Å². The van der Waals surface area contributed by atoms with Gasteiger partial charge in [0.25, 0.3) is 0 Å². The number of aryl methyl sites for hydroxylation is 1. The molecule has 1 unspecified atom stereocenters. The molecule has 1 aliphatic heterocycles. The van der Waals surface area contributed by atoms with Gasteiger partial charge in [0.2, 0.25) is 5.91 Å². The lowest BCUT2D eigenvalue weighted by molar-refractivity contribution is -0.120. The maximum atomic E-state index is 12.4. The molecule has 1 aromatic rings. The molecule has 1 fully saturated rings. The van der Waals surface area contributed by atoms with Gasteiger partial charge in [-0.1, -0.05) is 0 Å². The Morgan fingerprint density at radius 3 is 2.67 bits per heavy atom. The third-order valence-corrected chi connectivity index (χ3v) is 4.17. The number of anilines is 1. The standard InChI is InChI=1S/C15H27N7O.HI/c1-12(19(3)4)8-17-15(16-2)21-6-7-22(14(23)11-21)13-9-18-20(5)10-13;/h9-10,12H,6-8,11H2,1-5H3,(H,16,17);1H. The molecule has 1 aromatic heterocycles. The smallest absolute Gasteiger partial charge is 0.246 e. The van der Waals surface area contributed by atoms with Gasteiger partial charge in [0.1, 0.15) is 6.54 Å². The summed E-state index contributed by atoms with van der Waals surface area (Å²) in [5.74, 6) is 0.839. The molecule has 1 atom stereocenters. The van der Waals surface area contributed by atoms with Crippen molar-refractivity contribution < 1.29 is 4.79 Å². The van der Waals surface area contributed by atoms with Crippen molar-refractivity contribution in [3.05, 3.63) is 12.4 Å². The van der Waals surface area contributed by atoms with Crippen LogP contribution in [0, 0.1) is 0 Å². The quantitative estimate of drug-likeness (QED) is 0.405. The van der Waals surface area contributed by atoms with Crippen LogP contribution in [0.25, 0.3) is 0 Å². The lowest BCUT2D eigenvalue weighted by Crippen LogP contribution is -2.56. The number of hydrogen-bond donors (Lipinski definition) is 1. The molecule has 136 valence electrons. The number of carbonyl (C=O) groups is 1. The number of likely N-dealkylation sites (N-methyl/N-ethyl adjacent to an activating group) is 1. The number of hydrogen-bond acceptors (Lipinski definition) is 4. The van der Waals surface area contributed by atoms with E-state index in [-0.39, 0.29) is 29.9 Å². The maximum Gasteiger partial charge on any atom is 0.246 e. The highest BCUT2D eigenvalue weighted by Crippen LogP contribution is 2.15. The molecule has 2 rings (SSSR count). The Bertz CT molecular complexity index is 572. The fourth-order valence-electron chi connectivity index (χ4n) is 2.43. The van der Waals surface area contributed by atoms with E-state index in [1.165, 1.54) is 0 Å². The molecule has 0 aliphatic carbocycles. The molecular weight excluding hydrogens is 421 g/mol. The van der Waals surface area contributed by atoms with E-state index < -0.39 is 0 Å². The van der Waals surface area contributed by atoms with E-state index in [1.54, 1.807) is 22.8 Å². The molecule has 0 spiro atoms. The minimum absolute atomic E-state index is 0. The molecular formula is C15H28IN7O. The predicted octanol–water partition coefficient (Wildman–Crippen LogP) is 0.212. The molecule has 24 heavy (non-hydrogen) atoms. The Kier molecular flexibility index (Phi) is 7.94. The molecule has 0 bridgehead atoms. The van der Waals surface area contributed by atoms with Crippen molar-refractivity contribution in [2.45, 2.75) is 13.0 Å². The van der Waals surface area contributed by atoms with Crippen LogP contribution in [0.2, 0.25) is 0 Å². The highest BCUT2D eigenvalue weighted by atomic mass is 127. The molecule has 1 aliphatic rings. The van der Waals surface area contributed by atoms with Gasteiger partial charge >= 0.3 is 0 Å². The number of piperazine rings is 1. The van der Waals surface area contributed by atoms with Crippen LogP contribution in [-0.4, -0.2) is 84.8 Å². The first kappa shape index (κ1) is 20.7. The minimum Gasteiger partial charge on any atom is -0.355 e. The van der Waals surface area contributed by atoms with Gasteiger partial charge in [-0.25, -0.2) is 0 Å². The summed E-state index contributed by atoms with van der Waals surface area (Å²) in [5, 5.41) is 7.48. The summed E-state index contributed by atoms with van der Waals surface area (Å²) in [6.45, 7) is 4.64. The number of aromatic nitrogens is 2. The highest BCUT2D eigenvalue weighted by molar-refractivity contribution is 14.0. The van der Waals surface area contributed by atoms with E-state index in [0.29, 0.717) is 19.1 Å². The van der Waals surface area contributed by atoms with Crippen LogP contribution < -0.4 is 10.2 Å². The molecule has 0 radical (unpaired) electrons. The zero-order valence-electron chi connectivity index (χ0n) is 15.1. The molecule has 9 heteroatoms. The Hall–Kier alpha value is -1.36. The second-order valence-electron chi connectivity index (χ2n) is 6.08. The van der Waals surface area contributed by atoms with E-state index in [0.717, 1.165) is 24.7 Å². The molecule has 0 saturated carbocycles. The van der Waals surface area contributed by atoms with Crippen LogP contribution in [-0.2, 0) is 11.8 Å². The van der Waals surface area contributed by atoms with Crippen LogP contribution >= 0.6 is 24.0 Å². The van der Waals surface area contributed by atoms with Crippen LogP contribution in [0.1, 0.15) is 6.92 Å². The molecule has 0 aromatic carbocycles. The van der Waals surface area contributed by atoms with E-state index in [9.17, 15) is 4.79 Å². The van der Waals surface area contributed by atoms with Crippen LogP contribution in [0.3, 0.4) is 0 Å². The molecule has 1 N–H and O–H groups in total. The van der Waals surface area contributed by atoms with Gasteiger partial charge in [0.05, 0.1) is 11.9 Å². The van der Waals surface area contributed by atoms with Crippen molar-refractivity contribution in [2.75, 3.05) is 52.2 Å². The van der Waals surface area contributed by atoms with Gasteiger partial charge in [0, 0.05) is 46.0 Å². The molecule has 8 nitrogen and oxygen atoms in total.